The van der Waals surface area contributed by atoms with Crippen LogP contribution in [0.2, 0.25) is 0 Å². The maximum absolute atomic E-state index is 11.6. The van der Waals surface area contributed by atoms with Crippen molar-refractivity contribution in [2.45, 2.75) is 26.8 Å². The van der Waals surface area contributed by atoms with Crippen LogP contribution >= 0.6 is 0 Å². The molecule has 5 heteroatoms. The van der Waals surface area contributed by atoms with E-state index in [0.29, 0.717) is 6.54 Å². The zero-order chi connectivity index (χ0) is 11.8. The summed E-state index contributed by atoms with van der Waals surface area (Å²) < 4.78 is 2.00. The molecular formula is C11H20N4O. The number of carbonyl (C=O) groups excluding carboxylic acids is 1. The number of nitrogens with one attached hydrogen (secondary N) is 1. The van der Waals surface area contributed by atoms with Crippen molar-refractivity contribution in [1.82, 2.24) is 19.8 Å². The van der Waals surface area contributed by atoms with Crippen LogP contribution < -0.4 is 5.32 Å². The van der Waals surface area contributed by atoms with E-state index in [-0.39, 0.29) is 6.03 Å². The molecular weight excluding hydrogens is 204 g/mol. The monoisotopic (exact) mass is 224 g/mol. The molecule has 1 rings (SSSR count). The van der Waals surface area contributed by atoms with E-state index in [4.69, 9.17) is 0 Å². The number of imidazole rings is 1. The number of rotatable bonds is 6. The van der Waals surface area contributed by atoms with E-state index in [0.717, 1.165) is 26.1 Å². The molecule has 0 fully saturated rings. The van der Waals surface area contributed by atoms with Crippen molar-refractivity contribution >= 4 is 6.03 Å². The number of carbonyl (C=O) groups is 1. The topological polar surface area (TPSA) is 50.2 Å². The summed E-state index contributed by atoms with van der Waals surface area (Å²) >= 11 is 0. The van der Waals surface area contributed by atoms with Gasteiger partial charge < -0.3 is 14.8 Å². The molecule has 5 nitrogen and oxygen atoms in total. The molecule has 1 aromatic heterocycles. The van der Waals surface area contributed by atoms with Gasteiger partial charge in [-0.3, -0.25) is 0 Å². The summed E-state index contributed by atoms with van der Waals surface area (Å²) in [6.45, 7) is 7.06. The van der Waals surface area contributed by atoms with Gasteiger partial charge in [0.15, 0.2) is 0 Å². The Balaban J connectivity index is 2.13. The lowest BCUT2D eigenvalue weighted by Crippen LogP contribution is -2.40. The van der Waals surface area contributed by atoms with Gasteiger partial charge in [0.25, 0.3) is 0 Å². The zero-order valence-electron chi connectivity index (χ0n) is 10.0. The summed E-state index contributed by atoms with van der Waals surface area (Å²) in [5.41, 5.74) is 0. The Kier molecular flexibility index (Phi) is 5.39. The first-order valence-electron chi connectivity index (χ1n) is 5.76. The normalized spacial score (nSPS) is 10.1. The van der Waals surface area contributed by atoms with Crippen LogP contribution in [0.5, 0.6) is 0 Å². The van der Waals surface area contributed by atoms with Crippen molar-refractivity contribution in [2.24, 2.45) is 0 Å². The summed E-state index contributed by atoms with van der Waals surface area (Å²) in [5, 5.41) is 2.90. The van der Waals surface area contributed by atoms with Crippen molar-refractivity contribution in [1.29, 1.82) is 0 Å². The Hall–Kier alpha value is -1.52. The molecule has 0 atom stereocenters. The number of urea groups is 1. The standard InChI is InChI=1S/C11H20N4O/c1-3-15(4-2)11(16)13-6-5-8-14-9-7-12-10-14/h7,9-10H,3-6,8H2,1-2H3,(H,13,16). The molecule has 2 amide bonds. The number of aryl methyl sites for hydroxylation is 1. The fourth-order valence-corrected chi connectivity index (χ4v) is 1.50. The van der Waals surface area contributed by atoms with Crippen molar-refractivity contribution < 1.29 is 4.79 Å². The van der Waals surface area contributed by atoms with Gasteiger partial charge >= 0.3 is 6.03 Å². The third-order valence-electron chi connectivity index (χ3n) is 2.48. The molecule has 0 spiro atoms. The average Bonchev–Trinajstić information content (AvgIpc) is 2.79. The fraction of sp³-hybridized carbons (Fsp3) is 0.636. The second kappa shape index (κ2) is 6.87. The van der Waals surface area contributed by atoms with Gasteiger partial charge in [0, 0.05) is 38.6 Å². The number of hydrogen-bond acceptors (Lipinski definition) is 2. The molecule has 1 N–H and O–H groups in total. The Morgan fingerprint density at radius 3 is 2.75 bits per heavy atom. The molecule has 0 unspecified atom stereocenters. The SMILES string of the molecule is CCN(CC)C(=O)NCCCn1ccnc1. The second-order valence-corrected chi connectivity index (χ2v) is 3.56. The first-order chi connectivity index (χ1) is 7.77. The van der Waals surface area contributed by atoms with E-state index in [1.165, 1.54) is 0 Å². The molecule has 0 aliphatic carbocycles. The summed E-state index contributed by atoms with van der Waals surface area (Å²) in [4.78, 5) is 17.3. The average molecular weight is 224 g/mol. The van der Waals surface area contributed by atoms with Gasteiger partial charge in [-0.15, -0.1) is 0 Å². The number of amides is 2. The molecule has 0 aliphatic heterocycles. The van der Waals surface area contributed by atoms with Crippen LogP contribution in [-0.2, 0) is 6.54 Å². The molecule has 90 valence electrons. The predicted molar refractivity (Wildman–Crippen MR) is 63.2 cm³/mol. The van der Waals surface area contributed by atoms with E-state index in [9.17, 15) is 4.79 Å². The Morgan fingerprint density at radius 1 is 1.44 bits per heavy atom. The fourth-order valence-electron chi connectivity index (χ4n) is 1.50. The van der Waals surface area contributed by atoms with Gasteiger partial charge in [0.2, 0.25) is 0 Å². The molecule has 1 heterocycles. The molecule has 0 radical (unpaired) electrons. The van der Waals surface area contributed by atoms with E-state index < -0.39 is 0 Å². The minimum atomic E-state index is 0.0237. The van der Waals surface area contributed by atoms with E-state index in [2.05, 4.69) is 10.3 Å². The molecule has 0 bridgehead atoms. The van der Waals surface area contributed by atoms with Crippen LogP contribution in [0.25, 0.3) is 0 Å². The van der Waals surface area contributed by atoms with Crippen LogP contribution in [0.15, 0.2) is 18.7 Å². The lowest BCUT2D eigenvalue weighted by Gasteiger charge is -2.19. The number of aromatic nitrogens is 2. The highest BCUT2D eigenvalue weighted by molar-refractivity contribution is 5.73. The summed E-state index contributed by atoms with van der Waals surface area (Å²) in [6.07, 6.45) is 6.39. The maximum atomic E-state index is 11.6. The maximum Gasteiger partial charge on any atom is 0.317 e. The first kappa shape index (κ1) is 12.5. The summed E-state index contributed by atoms with van der Waals surface area (Å²) in [7, 11) is 0. The smallest absolute Gasteiger partial charge is 0.317 e. The third kappa shape index (κ3) is 3.92. The molecule has 0 aromatic carbocycles. The largest absolute Gasteiger partial charge is 0.338 e. The van der Waals surface area contributed by atoms with Crippen LogP contribution in [0.4, 0.5) is 4.79 Å². The van der Waals surface area contributed by atoms with Gasteiger partial charge in [-0.25, -0.2) is 9.78 Å². The quantitative estimate of drug-likeness (QED) is 0.741. The van der Waals surface area contributed by atoms with Gasteiger partial charge in [0.1, 0.15) is 0 Å². The summed E-state index contributed by atoms with van der Waals surface area (Å²) in [6, 6.07) is 0.0237. The minimum absolute atomic E-state index is 0.0237. The van der Waals surface area contributed by atoms with Crippen molar-refractivity contribution in [3.63, 3.8) is 0 Å². The Labute approximate surface area is 96.5 Å². The van der Waals surface area contributed by atoms with Crippen LogP contribution in [0.1, 0.15) is 20.3 Å². The highest BCUT2D eigenvalue weighted by Crippen LogP contribution is 1.91. The van der Waals surface area contributed by atoms with Crippen LogP contribution in [-0.4, -0.2) is 40.1 Å². The van der Waals surface area contributed by atoms with E-state index in [1.54, 1.807) is 17.4 Å². The molecule has 0 saturated heterocycles. The Morgan fingerprint density at radius 2 is 2.19 bits per heavy atom. The van der Waals surface area contributed by atoms with Crippen molar-refractivity contribution in [2.75, 3.05) is 19.6 Å². The summed E-state index contributed by atoms with van der Waals surface area (Å²) in [5.74, 6) is 0. The molecule has 0 saturated carbocycles. The molecule has 1 aromatic rings. The van der Waals surface area contributed by atoms with Crippen LogP contribution in [0, 0.1) is 0 Å². The zero-order valence-corrected chi connectivity index (χ0v) is 10.0. The number of nitrogens with zero attached hydrogens (tertiary/aromatic N) is 3. The lowest BCUT2D eigenvalue weighted by molar-refractivity contribution is 0.203. The van der Waals surface area contributed by atoms with E-state index in [1.807, 2.05) is 24.6 Å². The van der Waals surface area contributed by atoms with Gasteiger partial charge in [-0.05, 0) is 20.3 Å². The highest BCUT2D eigenvalue weighted by atomic mass is 16.2. The van der Waals surface area contributed by atoms with Crippen LogP contribution in [0.3, 0.4) is 0 Å². The highest BCUT2D eigenvalue weighted by Gasteiger charge is 2.06. The predicted octanol–water partition coefficient (Wildman–Crippen LogP) is 1.32. The first-order valence-corrected chi connectivity index (χ1v) is 5.76. The third-order valence-corrected chi connectivity index (χ3v) is 2.48. The van der Waals surface area contributed by atoms with Gasteiger partial charge in [-0.1, -0.05) is 0 Å². The van der Waals surface area contributed by atoms with Gasteiger partial charge in [-0.2, -0.15) is 0 Å². The number of hydrogen-bond donors (Lipinski definition) is 1. The second-order valence-electron chi connectivity index (χ2n) is 3.56. The molecule has 16 heavy (non-hydrogen) atoms. The van der Waals surface area contributed by atoms with E-state index >= 15 is 0 Å². The Bertz CT molecular complexity index is 293. The van der Waals surface area contributed by atoms with Crippen molar-refractivity contribution in [3.05, 3.63) is 18.7 Å². The van der Waals surface area contributed by atoms with Gasteiger partial charge in [0.05, 0.1) is 6.33 Å². The van der Waals surface area contributed by atoms with Crippen molar-refractivity contribution in [3.8, 4) is 0 Å². The molecule has 0 aliphatic rings. The minimum Gasteiger partial charge on any atom is -0.338 e. The lowest BCUT2D eigenvalue weighted by atomic mass is 10.4.